The van der Waals surface area contributed by atoms with E-state index in [2.05, 4.69) is 13.8 Å². The molecule has 5 unspecified atom stereocenters. The van der Waals surface area contributed by atoms with Gasteiger partial charge in [0.1, 0.15) is 5.60 Å². The van der Waals surface area contributed by atoms with E-state index in [0.717, 1.165) is 18.4 Å². The fourth-order valence-electron chi connectivity index (χ4n) is 8.35. The van der Waals surface area contributed by atoms with Gasteiger partial charge in [-0.1, -0.05) is 19.4 Å². The number of hydrogen-bond acceptors (Lipinski definition) is 6. The van der Waals surface area contributed by atoms with E-state index in [0.29, 0.717) is 38.5 Å². The van der Waals surface area contributed by atoms with Crippen LogP contribution < -0.4 is 0 Å². The summed E-state index contributed by atoms with van der Waals surface area (Å²) < 4.78 is 11.2. The largest absolute Gasteiger partial charge is 0.469 e. The topological polar surface area (TPSA) is 89.9 Å². The number of aliphatic hydroxyl groups excluding tert-OH is 1. The molecule has 1 saturated heterocycles. The lowest BCUT2D eigenvalue weighted by molar-refractivity contribution is -0.197. The van der Waals surface area contributed by atoms with Crippen molar-refractivity contribution in [3.05, 3.63) is 11.6 Å². The van der Waals surface area contributed by atoms with Crippen molar-refractivity contribution in [1.82, 2.24) is 0 Å². The Morgan fingerprint density at radius 1 is 1.20 bits per heavy atom. The highest BCUT2D eigenvalue weighted by molar-refractivity contribution is 5.92. The van der Waals surface area contributed by atoms with Gasteiger partial charge in [-0.2, -0.15) is 0 Å². The Morgan fingerprint density at radius 3 is 2.63 bits per heavy atom. The molecule has 0 aromatic carbocycles. The molecule has 8 atom stereocenters. The molecule has 4 fully saturated rings. The Morgan fingerprint density at radius 2 is 1.97 bits per heavy atom. The number of carbonyl (C=O) groups is 3. The van der Waals surface area contributed by atoms with E-state index < -0.39 is 11.7 Å². The number of allylic oxidation sites excluding steroid dienone is 1. The van der Waals surface area contributed by atoms with Crippen molar-refractivity contribution in [3.8, 4) is 0 Å². The van der Waals surface area contributed by atoms with E-state index in [4.69, 9.17) is 9.47 Å². The zero-order chi connectivity index (χ0) is 21.5. The average Bonchev–Trinajstić information content (AvgIpc) is 3.21. The average molecular weight is 417 g/mol. The predicted octanol–water partition coefficient (Wildman–Crippen LogP) is 2.96. The van der Waals surface area contributed by atoms with Crippen LogP contribution in [0.25, 0.3) is 0 Å². The second-order valence-electron chi connectivity index (χ2n) is 10.8. The van der Waals surface area contributed by atoms with E-state index in [1.807, 2.05) is 0 Å². The number of hydrogen-bond donors (Lipinski definition) is 1. The number of carbonyl (C=O) groups excluding carboxylic acids is 3. The minimum absolute atomic E-state index is 0.0415. The molecule has 0 bridgehead atoms. The van der Waals surface area contributed by atoms with Crippen molar-refractivity contribution in [3.63, 3.8) is 0 Å². The summed E-state index contributed by atoms with van der Waals surface area (Å²) in [5.41, 5.74) is -0.168. The van der Waals surface area contributed by atoms with Crippen molar-refractivity contribution < 1.29 is 29.0 Å². The van der Waals surface area contributed by atoms with Gasteiger partial charge in [0.2, 0.25) is 0 Å². The number of fused-ring (bicyclic) bond motifs is 6. The molecule has 3 saturated carbocycles. The summed E-state index contributed by atoms with van der Waals surface area (Å²) in [5.74, 6) is -0.636. The number of ether oxygens (including phenoxy) is 2. The molecule has 1 N–H and O–H groups in total. The van der Waals surface area contributed by atoms with Gasteiger partial charge < -0.3 is 14.6 Å². The van der Waals surface area contributed by atoms with E-state index in [1.165, 1.54) is 7.11 Å². The first-order valence-electron chi connectivity index (χ1n) is 11.4. The third-order valence-electron chi connectivity index (χ3n) is 9.79. The lowest BCUT2D eigenvalue weighted by Gasteiger charge is -2.62. The molecule has 1 spiro atoms. The van der Waals surface area contributed by atoms with Gasteiger partial charge in [0.05, 0.1) is 19.1 Å². The monoisotopic (exact) mass is 416 g/mol. The van der Waals surface area contributed by atoms with Crippen molar-refractivity contribution in [2.24, 2.45) is 34.5 Å². The molecule has 30 heavy (non-hydrogen) atoms. The standard InChI is InChI=1S/C24H32O6/c1-22-7-4-14(25)10-13(22)11-15(21(28)29-3)19-16-5-8-24(9-6-18(27)30-24)23(16,2)12-17(26)20(19)22/h10,15-17,19-20,26H,4-9,11-12H2,1-3H3/t15?,16?,17?,19?,20?,22-,23-,24+/m0/s1. The van der Waals surface area contributed by atoms with Gasteiger partial charge in [0.15, 0.2) is 5.78 Å². The highest BCUT2D eigenvalue weighted by Gasteiger charge is 2.71. The molecule has 5 aliphatic rings. The molecule has 1 aliphatic heterocycles. The molecule has 0 radical (unpaired) electrons. The van der Waals surface area contributed by atoms with Gasteiger partial charge in [0.25, 0.3) is 0 Å². The third kappa shape index (κ3) is 2.43. The number of esters is 2. The van der Waals surface area contributed by atoms with E-state index in [9.17, 15) is 19.5 Å². The van der Waals surface area contributed by atoms with E-state index in [-0.39, 0.29) is 52.2 Å². The SMILES string of the molecule is COC(=O)C1CC2=CC(=O)CC[C@]2(C)C2C(O)C[C@@]3(C)C(CC[C@@]34CCC(=O)O4)C12. The number of aliphatic hydroxyl groups is 1. The van der Waals surface area contributed by atoms with Gasteiger partial charge in [-0.25, -0.2) is 0 Å². The summed E-state index contributed by atoms with van der Waals surface area (Å²) in [5, 5.41) is 11.6. The second kappa shape index (κ2) is 6.41. The van der Waals surface area contributed by atoms with Gasteiger partial charge in [-0.05, 0) is 67.8 Å². The molecule has 6 heteroatoms. The summed E-state index contributed by atoms with van der Waals surface area (Å²) >= 11 is 0. The molecule has 0 aromatic rings. The van der Waals surface area contributed by atoms with Crippen LogP contribution in [-0.4, -0.2) is 41.6 Å². The Labute approximate surface area is 177 Å². The molecule has 1 heterocycles. The minimum atomic E-state index is -0.611. The van der Waals surface area contributed by atoms with Gasteiger partial charge in [-0.15, -0.1) is 0 Å². The highest BCUT2D eigenvalue weighted by Crippen LogP contribution is 2.70. The lowest BCUT2D eigenvalue weighted by atomic mass is 9.43. The summed E-state index contributed by atoms with van der Waals surface area (Å²) in [6, 6.07) is 0. The summed E-state index contributed by atoms with van der Waals surface area (Å²) in [6.07, 6.45) is 6.21. The minimum Gasteiger partial charge on any atom is -0.469 e. The molecule has 4 aliphatic carbocycles. The highest BCUT2D eigenvalue weighted by atomic mass is 16.6. The molecule has 6 nitrogen and oxygen atoms in total. The van der Waals surface area contributed by atoms with Crippen LogP contribution >= 0.6 is 0 Å². The van der Waals surface area contributed by atoms with E-state index in [1.54, 1.807) is 6.08 Å². The first-order valence-corrected chi connectivity index (χ1v) is 11.4. The van der Waals surface area contributed by atoms with Crippen LogP contribution in [0.4, 0.5) is 0 Å². The van der Waals surface area contributed by atoms with Crippen LogP contribution in [0.3, 0.4) is 0 Å². The fraction of sp³-hybridized carbons (Fsp3) is 0.792. The van der Waals surface area contributed by atoms with Gasteiger partial charge in [-0.3, -0.25) is 14.4 Å². The van der Waals surface area contributed by atoms with Crippen LogP contribution in [0.5, 0.6) is 0 Å². The third-order valence-corrected chi connectivity index (χ3v) is 9.79. The normalized spacial score (nSPS) is 49.7. The van der Waals surface area contributed by atoms with E-state index >= 15 is 0 Å². The number of ketones is 1. The van der Waals surface area contributed by atoms with Crippen molar-refractivity contribution in [1.29, 1.82) is 0 Å². The van der Waals surface area contributed by atoms with Crippen molar-refractivity contribution in [2.75, 3.05) is 7.11 Å². The lowest BCUT2D eigenvalue weighted by Crippen LogP contribution is -2.62. The molecule has 164 valence electrons. The molecule has 5 rings (SSSR count). The Bertz CT molecular complexity index is 847. The van der Waals surface area contributed by atoms with Gasteiger partial charge in [0, 0.05) is 18.3 Å². The van der Waals surface area contributed by atoms with Crippen LogP contribution in [0.2, 0.25) is 0 Å². The zero-order valence-electron chi connectivity index (χ0n) is 18.1. The molecule has 0 amide bonds. The Balaban J connectivity index is 1.62. The summed E-state index contributed by atoms with van der Waals surface area (Å²) in [6.45, 7) is 4.33. The maximum absolute atomic E-state index is 12.9. The van der Waals surface area contributed by atoms with Gasteiger partial charge >= 0.3 is 11.9 Å². The van der Waals surface area contributed by atoms with Crippen LogP contribution in [0.15, 0.2) is 11.6 Å². The van der Waals surface area contributed by atoms with Crippen molar-refractivity contribution in [2.45, 2.75) is 76.9 Å². The molecular weight excluding hydrogens is 384 g/mol. The van der Waals surface area contributed by atoms with Crippen LogP contribution in [0.1, 0.15) is 65.2 Å². The maximum Gasteiger partial charge on any atom is 0.309 e. The molecular formula is C24H32O6. The Kier molecular flexibility index (Phi) is 4.32. The quantitative estimate of drug-likeness (QED) is 0.661. The smallest absolute Gasteiger partial charge is 0.309 e. The summed E-state index contributed by atoms with van der Waals surface area (Å²) in [4.78, 5) is 37.2. The fourth-order valence-corrected chi connectivity index (χ4v) is 8.35. The first-order chi connectivity index (χ1) is 14.1. The maximum atomic E-state index is 12.9. The number of methoxy groups -OCH3 is 1. The van der Waals surface area contributed by atoms with Crippen LogP contribution in [-0.2, 0) is 23.9 Å². The number of rotatable bonds is 1. The Hall–Kier alpha value is -1.69. The second-order valence-corrected chi connectivity index (χ2v) is 10.8. The zero-order valence-corrected chi connectivity index (χ0v) is 18.1. The molecule has 0 aromatic heterocycles. The van der Waals surface area contributed by atoms with Crippen LogP contribution in [0, 0.1) is 34.5 Å². The first kappa shape index (κ1) is 20.2. The van der Waals surface area contributed by atoms with Crippen molar-refractivity contribution >= 4 is 17.7 Å². The predicted molar refractivity (Wildman–Crippen MR) is 107 cm³/mol. The summed E-state index contributed by atoms with van der Waals surface area (Å²) in [7, 11) is 1.42.